The summed E-state index contributed by atoms with van der Waals surface area (Å²) in [7, 11) is 0. The molecule has 2 aromatic carbocycles. The number of pyridine rings is 14. The van der Waals surface area contributed by atoms with Crippen LogP contribution in [0.25, 0.3) is 89.3 Å². The van der Waals surface area contributed by atoms with Gasteiger partial charge in [0.2, 0.25) is 0 Å². The molecule has 0 fully saturated rings. The first kappa shape index (κ1) is 74.8. The number of aryl methyl sites for hydroxylation is 8. The smallest absolute Gasteiger partial charge is 0.0717 e. The summed E-state index contributed by atoms with van der Waals surface area (Å²) in [5.41, 5.74) is 27.1. The van der Waals surface area contributed by atoms with Crippen LogP contribution in [0.2, 0.25) is 0 Å². The highest BCUT2D eigenvalue weighted by atomic mass is 14.7. The molecule has 0 saturated carbocycles. The molecule has 14 heterocycles. The number of rotatable bonds is 8. The van der Waals surface area contributed by atoms with Crippen molar-refractivity contribution in [3.63, 3.8) is 0 Å². The number of hydrogen-bond acceptors (Lipinski definition) is 14. The fraction of sp³-hybridized carbons (Fsp3) is 0.0889. The van der Waals surface area contributed by atoms with Gasteiger partial charge in [-0.2, -0.15) is 0 Å². The van der Waals surface area contributed by atoms with E-state index < -0.39 is 0 Å². The number of hydrogen-bond donors (Lipinski definition) is 0. The Morgan fingerprint density at radius 1 is 0.154 bits per heavy atom. The van der Waals surface area contributed by atoms with Crippen molar-refractivity contribution < 1.29 is 0 Å². The summed E-state index contributed by atoms with van der Waals surface area (Å²) in [6.07, 6.45) is 40.1. The maximum Gasteiger partial charge on any atom is 0.0717 e. The zero-order chi connectivity index (χ0) is 72.8. The normalized spacial score (nSPS) is 9.92. The van der Waals surface area contributed by atoms with Crippen LogP contribution in [0.15, 0.2) is 355 Å². The van der Waals surface area contributed by atoms with Gasteiger partial charge in [0.1, 0.15) is 0 Å². The Balaban J connectivity index is 0.000000138. The molecule has 14 heteroatoms. The van der Waals surface area contributed by atoms with Crippen molar-refractivity contribution in [3.05, 3.63) is 400 Å². The summed E-state index contributed by atoms with van der Waals surface area (Å²) in [5, 5.41) is 0. The maximum absolute atomic E-state index is 4.26. The third kappa shape index (κ3) is 25.7. The molecule has 512 valence electrons. The lowest BCUT2D eigenvalue weighted by molar-refractivity contribution is 1.19. The predicted octanol–water partition coefficient (Wildman–Crippen LogP) is 20.8. The van der Waals surface area contributed by atoms with Gasteiger partial charge < -0.3 is 0 Å². The van der Waals surface area contributed by atoms with Gasteiger partial charge in [-0.25, -0.2) is 0 Å². The third-order valence-electron chi connectivity index (χ3n) is 15.2. The van der Waals surface area contributed by atoms with E-state index in [4.69, 9.17) is 0 Å². The molecule has 0 radical (unpaired) electrons. The fourth-order valence-corrected chi connectivity index (χ4v) is 10.2. The van der Waals surface area contributed by atoms with E-state index in [0.717, 1.165) is 78.7 Å². The zero-order valence-corrected chi connectivity index (χ0v) is 59.7. The molecule has 0 spiro atoms. The molecular formula is C90H82N14. The van der Waals surface area contributed by atoms with Crippen LogP contribution in [0.1, 0.15) is 45.0 Å². The minimum absolute atomic E-state index is 0.971. The van der Waals surface area contributed by atoms with E-state index in [0.29, 0.717) is 0 Å². The molecule has 14 aromatic heterocycles. The summed E-state index contributed by atoms with van der Waals surface area (Å²) >= 11 is 0. The molecule has 14 nitrogen and oxygen atoms in total. The second-order valence-corrected chi connectivity index (χ2v) is 23.9. The molecular weight excluding hydrogens is 1280 g/mol. The van der Waals surface area contributed by atoms with Crippen LogP contribution >= 0.6 is 0 Å². The molecule has 0 unspecified atom stereocenters. The standard InChI is InChI=1S/2C12H11N.6C11H10N2/c1-10-7-12(9-13-8-10)11-5-3-2-4-6-11;1-10-9-12(7-8-13-10)11-5-3-2-4-6-11;1-9-8-11(4-7-13-9)10-2-5-12-6-3-10;1-9-6-11(8-13-7-9)10-2-4-12-5-3-10;1-9-7-10(4-6-13-9)11-3-2-5-12-8-11;1-9-5-11(8-13-6-9)10-3-2-4-12-7-10;1-9-8-10(5-7-12-9)11-4-2-3-6-13-11;1-9-6-10(8-12-7-9)11-4-2-3-5-13-11/h2*2-9H,1H3;6*2-8H,1H3. The van der Waals surface area contributed by atoms with Crippen LogP contribution < -0.4 is 0 Å². The van der Waals surface area contributed by atoms with Crippen LogP contribution in [-0.2, 0) is 0 Å². The minimum atomic E-state index is 0.971. The quantitative estimate of drug-likeness (QED) is 0.140. The van der Waals surface area contributed by atoms with E-state index in [2.05, 4.69) is 143 Å². The van der Waals surface area contributed by atoms with Crippen molar-refractivity contribution in [3.8, 4) is 89.3 Å². The highest BCUT2D eigenvalue weighted by Gasteiger charge is 2.03. The second-order valence-electron chi connectivity index (χ2n) is 23.9. The van der Waals surface area contributed by atoms with Crippen molar-refractivity contribution >= 4 is 0 Å². The first-order chi connectivity index (χ1) is 50.9. The Morgan fingerprint density at radius 2 is 0.433 bits per heavy atom. The lowest BCUT2D eigenvalue weighted by atomic mass is 10.1. The van der Waals surface area contributed by atoms with Crippen molar-refractivity contribution in [1.82, 2.24) is 69.8 Å². The molecule has 16 rings (SSSR count). The summed E-state index contributed by atoms with van der Waals surface area (Å²) in [5.74, 6) is 0. The van der Waals surface area contributed by atoms with E-state index in [1.165, 1.54) is 55.6 Å². The molecule has 0 aliphatic rings. The van der Waals surface area contributed by atoms with Gasteiger partial charge in [0.15, 0.2) is 0 Å². The molecule has 104 heavy (non-hydrogen) atoms. The number of aromatic nitrogens is 14. The van der Waals surface area contributed by atoms with Crippen molar-refractivity contribution in [1.29, 1.82) is 0 Å². The molecule has 0 aliphatic carbocycles. The molecule has 0 atom stereocenters. The van der Waals surface area contributed by atoms with Crippen LogP contribution in [0.4, 0.5) is 0 Å². The predicted molar refractivity (Wildman–Crippen MR) is 422 cm³/mol. The summed E-state index contributed by atoms with van der Waals surface area (Å²) in [6.45, 7) is 16.1. The van der Waals surface area contributed by atoms with Gasteiger partial charge >= 0.3 is 0 Å². The highest BCUT2D eigenvalue weighted by Crippen LogP contribution is 2.24. The lowest BCUT2D eigenvalue weighted by Crippen LogP contribution is -1.84. The first-order valence-electron chi connectivity index (χ1n) is 33.8. The summed E-state index contributed by atoms with van der Waals surface area (Å²) in [4.78, 5) is 57.7. The fourth-order valence-electron chi connectivity index (χ4n) is 10.2. The molecule has 0 saturated heterocycles. The third-order valence-corrected chi connectivity index (χ3v) is 15.2. The summed E-state index contributed by atoms with van der Waals surface area (Å²) in [6, 6.07) is 72.9. The van der Waals surface area contributed by atoms with Gasteiger partial charge in [-0.1, -0.05) is 84.9 Å². The largest absolute Gasteiger partial charge is 0.265 e. The van der Waals surface area contributed by atoms with Crippen LogP contribution in [0.5, 0.6) is 0 Å². The van der Waals surface area contributed by atoms with E-state index >= 15 is 0 Å². The Bertz CT molecular complexity index is 4130. The number of benzene rings is 2. The summed E-state index contributed by atoms with van der Waals surface area (Å²) < 4.78 is 0. The Morgan fingerprint density at radius 3 is 0.798 bits per heavy atom. The van der Waals surface area contributed by atoms with Crippen LogP contribution in [0.3, 0.4) is 0 Å². The van der Waals surface area contributed by atoms with Gasteiger partial charge in [0.25, 0.3) is 0 Å². The van der Waals surface area contributed by atoms with Crippen molar-refractivity contribution in [2.24, 2.45) is 0 Å². The van der Waals surface area contributed by atoms with E-state index in [-0.39, 0.29) is 0 Å². The Labute approximate surface area is 610 Å². The van der Waals surface area contributed by atoms with Gasteiger partial charge in [-0.05, 0) is 250 Å². The average molecular weight is 1360 g/mol. The van der Waals surface area contributed by atoms with Gasteiger partial charge in [0, 0.05) is 198 Å². The van der Waals surface area contributed by atoms with E-state index in [9.17, 15) is 0 Å². The van der Waals surface area contributed by atoms with Gasteiger partial charge in [0.05, 0.1) is 11.4 Å². The van der Waals surface area contributed by atoms with Crippen molar-refractivity contribution in [2.75, 3.05) is 0 Å². The molecule has 0 bridgehead atoms. The van der Waals surface area contributed by atoms with Crippen LogP contribution in [0, 0.1) is 55.4 Å². The zero-order valence-electron chi connectivity index (χ0n) is 59.7. The van der Waals surface area contributed by atoms with Gasteiger partial charge in [-0.3, -0.25) is 69.8 Å². The number of nitrogens with zero attached hydrogens (tertiary/aromatic N) is 14. The molecule has 0 N–H and O–H groups in total. The van der Waals surface area contributed by atoms with Crippen LogP contribution in [-0.4, -0.2) is 69.8 Å². The monoisotopic (exact) mass is 1360 g/mol. The van der Waals surface area contributed by atoms with E-state index in [1.807, 2.05) is 281 Å². The maximum atomic E-state index is 4.26. The first-order valence-corrected chi connectivity index (χ1v) is 33.8. The minimum Gasteiger partial charge on any atom is -0.265 e. The topological polar surface area (TPSA) is 180 Å². The average Bonchev–Trinajstić information content (AvgIpc) is 0.964. The van der Waals surface area contributed by atoms with Crippen molar-refractivity contribution in [2.45, 2.75) is 55.4 Å². The van der Waals surface area contributed by atoms with E-state index in [1.54, 1.807) is 55.8 Å². The molecule has 0 amide bonds. The lowest BCUT2D eigenvalue weighted by Gasteiger charge is -2.00. The Kier molecular flexibility index (Phi) is 29.6. The second kappa shape index (κ2) is 41.2. The Hall–Kier alpha value is -13.5. The van der Waals surface area contributed by atoms with Gasteiger partial charge in [-0.15, -0.1) is 0 Å². The highest BCUT2D eigenvalue weighted by molar-refractivity contribution is 5.67. The molecule has 16 aromatic rings. The molecule has 0 aliphatic heterocycles. The SMILES string of the molecule is Cc1cc(-c2ccccc2)ccn1.Cc1cc(-c2ccccn2)ccn1.Cc1cc(-c2cccnc2)ccn1.Cc1cc(-c2ccncc2)ccn1.Cc1cncc(-c2ccccc2)c1.Cc1cncc(-c2ccccn2)c1.Cc1cncc(-c2cccnc2)c1.Cc1cncc(-c2ccncc2)c1.